The summed E-state index contributed by atoms with van der Waals surface area (Å²) < 4.78 is 5.02. The van der Waals surface area contributed by atoms with Crippen LogP contribution in [0.3, 0.4) is 0 Å². The average Bonchev–Trinajstić information content (AvgIpc) is 2.98. The Hall–Kier alpha value is -2.58. The summed E-state index contributed by atoms with van der Waals surface area (Å²) in [6, 6.07) is -0.574. The van der Waals surface area contributed by atoms with Gasteiger partial charge in [0.2, 0.25) is 0 Å². The quantitative estimate of drug-likeness (QED) is 0.794. The monoisotopic (exact) mass is 309 g/mol. The van der Waals surface area contributed by atoms with Crippen LogP contribution in [0.4, 0.5) is 9.59 Å². The van der Waals surface area contributed by atoms with Gasteiger partial charge in [-0.15, -0.1) is 0 Å². The number of rotatable bonds is 4. The minimum absolute atomic E-state index is 0.0806. The highest BCUT2D eigenvalue weighted by Gasteiger charge is 2.37. The van der Waals surface area contributed by atoms with E-state index in [0.29, 0.717) is 18.0 Å². The molecule has 1 fully saturated rings. The van der Waals surface area contributed by atoms with Gasteiger partial charge in [-0.3, -0.25) is 4.79 Å². The SMILES string of the molecule is CC(C)(C)OC(=O)NN1C(=O)CN(CCc2cnc[nH]2)C1=O. The Kier molecular flexibility index (Phi) is 4.34. The molecule has 1 aromatic rings. The highest BCUT2D eigenvalue weighted by molar-refractivity contribution is 6.02. The van der Waals surface area contributed by atoms with Gasteiger partial charge < -0.3 is 14.6 Å². The van der Waals surface area contributed by atoms with Crippen molar-refractivity contribution in [2.75, 3.05) is 13.1 Å². The molecule has 0 atom stereocenters. The molecule has 1 aliphatic heterocycles. The normalized spacial score (nSPS) is 15.4. The number of nitrogens with one attached hydrogen (secondary N) is 2. The third kappa shape index (κ3) is 3.96. The maximum Gasteiger partial charge on any atom is 0.427 e. The Bertz CT molecular complexity index is 563. The number of hydrogen-bond acceptors (Lipinski definition) is 5. The number of imide groups is 1. The molecule has 2 N–H and O–H groups in total. The van der Waals surface area contributed by atoms with Crippen molar-refractivity contribution in [2.45, 2.75) is 32.8 Å². The molecule has 2 heterocycles. The second-order valence-corrected chi connectivity index (χ2v) is 5.87. The van der Waals surface area contributed by atoms with E-state index in [1.54, 1.807) is 33.3 Å². The molecule has 22 heavy (non-hydrogen) atoms. The highest BCUT2D eigenvalue weighted by atomic mass is 16.6. The predicted octanol–water partition coefficient (Wildman–Crippen LogP) is 0.656. The molecular weight excluding hydrogens is 290 g/mol. The lowest BCUT2D eigenvalue weighted by Gasteiger charge is -2.22. The van der Waals surface area contributed by atoms with Crippen molar-refractivity contribution in [1.82, 2.24) is 25.3 Å². The fourth-order valence-corrected chi connectivity index (χ4v) is 1.90. The van der Waals surface area contributed by atoms with Gasteiger partial charge >= 0.3 is 12.1 Å². The maximum atomic E-state index is 12.1. The Morgan fingerprint density at radius 3 is 2.77 bits per heavy atom. The van der Waals surface area contributed by atoms with Gasteiger partial charge in [-0.1, -0.05) is 0 Å². The number of nitrogens with zero attached hydrogens (tertiary/aromatic N) is 3. The van der Waals surface area contributed by atoms with Crippen LogP contribution < -0.4 is 5.43 Å². The Balaban J connectivity index is 1.89. The number of hydrazine groups is 1. The number of aromatic amines is 1. The van der Waals surface area contributed by atoms with Crippen molar-refractivity contribution in [3.63, 3.8) is 0 Å². The van der Waals surface area contributed by atoms with Gasteiger partial charge in [0.1, 0.15) is 12.1 Å². The number of carbonyl (C=O) groups is 3. The van der Waals surface area contributed by atoms with E-state index in [-0.39, 0.29) is 6.54 Å². The third-order valence-electron chi connectivity index (χ3n) is 2.85. The fraction of sp³-hybridized carbons (Fsp3) is 0.538. The summed E-state index contributed by atoms with van der Waals surface area (Å²) in [5, 5.41) is 0.682. The van der Waals surface area contributed by atoms with E-state index < -0.39 is 23.6 Å². The van der Waals surface area contributed by atoms with Crippen molar-refractivity contribution in [2.24, 2.45) is 0 Å². The lowest BCUT2D eigenvalue weighted by molar-refractivity contribution is -0.127. The zero-order valence-electron chi connectivity index (χ0n) is 12.8. The average molecular weight is 309 g/mol. The van der Waals surface area contributed by atoms with E-state index in [1.807, 2.05) is 0 Å². The number of aromatic nitrogens is 2. The summed E-state index contributed by atoms with van der Waals surface area (Å²) in [6.07, 6.45) is 2.89. The van der Waals surface area contributed by atoms with E-state index in [9.17, 15) is 14.4 Å². The molecule has 0 spiro atoms. The summed E-state index contributed by atoms with van der Waals surface area (Å²) >= 11 is 0. The molecule has 1 saturated heterocycles. The third-order valence-corrected chi connectivity index (χ3v) is 2.85. The zero-order valence-corrected chi connectivity index (χ0v) is 12.8. The van der Waals surface area contributed by atoms with Gasteiger partial charge in [0.15, 0.2) is 0 Å². The zero-order chi connectivity index (χ0) is 16.3. The van der Waals surface area contributed by atoms with E-state index in [0.717, 1.165) is 5.69 Å². The van der Waals surface area contributed by atoms with Gasteiger partial charge in [-0.05, 0) is 20.8 Å². The van der Waals surface area contributed by atoms with Crippen molar-refractivity contribution >= 4 is 18.0 Å². The molecule has 0 bridgehead atoms. The number of imidazole rings is 1. The largest absolute Gasteiger partial charge is 0.443 e. The topological polar surface area (TPSA) is 108 Å². The van der Waals surface area contributed by atoms with Crippen LogP contribution >= 0.6 is 0 Å². The fourth-order valence-electron chi connectivity index (χ4n) is 1.90. The van der Waals surface area contributed by atoms with Crippen LogP contribution in [0.2, 0.25) is 0 Å². The Morgan fingerprint density at radius 2 is 2.18 bits per heavy atom. The van der Waals surface area contributed by atoms with Crippen LogP contribution in [0.5, 0.6) is 0 Å². The molecule has 0 radical (unpaired) electrons. The molecule has 0 unspecified atom stereocenters. The van der Waals surface area contributed by atoms with Crippen LogP contribution in [0.1, 0.15) is 26.5 Å². The van der Waals surface area contributed by atoms with Crippen LogP contribution in [-0.4, -0.2) is 56.6 Å². The summed E-state index contributed by atoms with van der Waals surface area (Å²) in [4.78, 5) is 43.7. The smallest absolute Gasteiger partial charge is 0.427 e. The van der Waals surface area contributed by atoms with E-state index in [2.05, 4.69) is 15.4 Å². The lowest BCUT2D eigenvalue weighted by Crippen LogP contribution is -2.48. The number of hydrogen-bond donors (Lipinski definition) is 2. The number of urea groups is 1. The van der Waals surface area contributed by atoms with Crippen molar-refractivity contribution < 1.29 is 19.1 Å². The second kappa shape index (κ2) is 6.04. The molecule has 1 aliphatic rings. The molecule has 0 aliphatic carbocycles. The van der Waals surface area contributed by atoms with Gasteiger partial charge in [-0.25, -0.2) is 20.0 Å². The van der Waals surface area contributed by atoms with Crippen LogP contribution in [-0.2, 0) is 16.0 Å². The van der Waals surface area contributed by atoms with Crippen LogP contribution in [0.25, 0.3) is 0 Å². The first-order valence-corrected chi connectivity index (χ1v) is 6.85. The molecule has 2 rings (SSSR count). The number of H-pyrrole nitrogens is 1. The first kappa shape index (κ1) is 15.8. The minimum atomic E-state index is -0.843. The first-order chi connectivity index (χ1) is 10.3. The Labute approximate surface area is 127 Å². The van der Waals surface area contributed by atoms with E-state index in [4.69, 9.17) is 4.74 Å². The standard InChI is InChI=1S/C13H19N5O4/c1-13(2,3)22-11(20)16-18-10(19)7-17(12(18)21)5-4-9-6-14-8-15-9/h6,8H,4-5,7H2,1-3H3,(H,14,15)(H,16,20). The molecular formula is C13H19N5O4. The van der Waals surface area contributed by atoms with Gasteiger partial charge in [0.05, 0.1) is 6.33 Å². The van der Waals surface area contributed by atoms with Crippen molar-refractivity contribution in [1.29, 1.82) is 0 Å². The molecule has 9 nitrogen and oxygen atoms in total. The second-order valence-electron chi connectivity index (χ2n) is 5.87. The molecule has 120 valence electrons. The summed E-state index contributed by atoms with van der Waals surface area (Å²) in [6.45, 7) is 5.34. The molecule has 1 aromatic heterocycles. The van der Waals surface area contributed by atoms with Gasteiger partial charge in [0.25, 0.3) is 5.91 Å². The minimum Gasteiger partial charge on any atom is -0.443 e. The van der Waals surface area contributed by atoms with Crippen molar-refractivity contribution in [3.05, 3.63) is 18.2 Å². The molecule has 9 heteroatoms. The lowest BCUT2D eigenvalue weighted by atomic mass is 10.2. The summed E-state index contributed by atoms with van der Waals surface area (Å²) in [5.41, 5.74) is 2.32. The maximum absolute atomic E-state index is 12.1. The molecule has 0 aromatic carbocycles. The number of carbonyl (C=O) groups excluding carboxylic acids is 3. The first-order valence-electron chi connectivity index (χ1n) is 6.85. The predicted molar refractivity (Wildman–Crippen MR) is 75.5 cm³/mol. The van der Waals surface area contributed by atoms with Gasteiger partial charge in [-0.2, -0.15) is 5.01 Å². The summed E-state index contributed by atoms with van der Waals surface area (Å²) in [5.74, 6) is -0.500. The highest BCUT2D eigenvalue weighted by Crippen LogP contribution is 2.11. The molecule has 4 amide bonds. The van der Waals surface area contributed by atoms with E-state index >= 15 is 0 Å². The van der Waals surface area contributed by atoms with Gasteiger partial charge in [0, 0.05) is 24.9 Å². The number of amides is 4. The number of ether oxygens (including phenoxy) is 1. The molecule has 0 saturated carbocycles. The van der Waals surface area contributed by atoms with Crippen LogP contribution in [0.15, 0.2) is 12.5 Å². The van der Waals surface area contributed by atoms with Crippen LogP contribution in [0, 0.1) is 0 Å². The van der Waals surface area contributed by atoms with E-state index in [1.165, 1.54) is 4.90 Å². The van der Waals surface area contributed by atoms with Crippen molar-refractivity contribution in [3.8, 4) is 0 Å². The summed E-state index contributed by atoms with van der Waals surface area (Å²) in [7, 11) is 0. The Morgan fingerprint density at radius 1 is 1.45 bits per heavy atom.